The van der Waals surface area contributed by atoms with Gasteiger partial charge in [-0.3, -0.25) is 4.98 Å². The van der Waals surface area contributed by atoms with Crippen LogP contribution in [0.1, 0.15) is 33.6 Å². The number of hydrogen-bond acceptors (Lipinski definition) is 3. The van der Waals surface area contributed by atoms with Gasteiger partial charge in [-0.15, -0.1) is 0 Å². The number of anilines is 1. The van der Waals surface area contributed by atoms with E-state index in [4.69, 9.17) is 11.6 Å². The molecule has 0 aliphatic rings. The number of rotatable bonds is 8. The fourth-order valence-corrected chi connectivity index (χ4v) is 2.93. The Morgan fingerprint density at radius 2 is 2.04 bits per heavy atom. The molecule has 2 rings (SSSR count). The second-order valence-electron chi connectivity index (χ2n) is 5.86. The van der Waals surface area contributed by atoms with Crippen molar-refractivity contribution in [3.63, 3.8) is 0 Å². The van der Waals surface area contributed by atoms with Crippen LogP contribution in [0.3, 0.4) is 0 Å². The predicted octanol–water partition coefficient (Wildman–Crippen LogP) is 4.95. The number of nitrogens with one attached hydrogen (secondary N) is 1. The quantitative estimate of drug-likeness (QED) is 0.738. The van der Waals surface area contributed by atoms with Gasteiger partial charge in [0.05, 0.1) is 17.4 Å². The average molecular weight is 338 g/mol. The van der Waals surface area contributed by atoms with Gasteiger partial charge in [0.25, 0.3) is 0 Å². The number of hydrogen-bond donors (Lipinski definition) is 1. The molecule has 23 heavy (non-hydrogen) atoms. The van der Waals surface area contributed by atoms with Crippen molar-refractivity contribution in [2.24, 2.45) is 0 Å². The Balaban J connectivity index is 2.04. The van der Waals surface area contributed by atoms with Crippen molar-refractivity contribution in [2.45, 2.75) is 39.7 Å². The third-order valence-electron chi connectivity index (χ3n) is 4.18. The number of fused-ring (bicyclic) bond motifs is 1. The highest BCUT2D eigenvalue weighted by Crippen LogP contribution is 2.28. The Labute approximate surface area is 142 Å². The standard InChI is InChI=1S/C18H25ClFN3/c1-4-23(5-2)10-6-7-13(3)22-18-15-9-8-14(19)11-17(15)21-12-16(18)20/h8-9,11-13H,4-7,10H2,1-3H3,(H,21,22). The molecule has 0 saturated carbocycles. The van der Waals surface area contributed by atoms with E-state index < -0.39 is 0 Å². The van der Waals surface area contributed by atoms with E-state index in [1.807, 2.05) is 6.07 Å². The van der Waals surface area contributed by atoms with Gasteiger partial charge >= 0.3 is 0 Å². The summed E-state index contributed by atoms with van der Waals surface area (Å²) in [4.78, 5) is 6.51. The van der Waals surface area contributed by atoms with E-state index in [0.29, 0.717) is 16.2 Å². The summed E-state index contributed by atoms with van der Waals surface area (Å²) in [7, 11) is 0. The Morgan fingerprint density at radius 3 is 2.74 bits per heavy atom. The molecule has 2 aromatic rings. The number of nitrogens with zero attached hydrogens (tertiary/aromatic N) is 2. The Kier molecular flexibility index (Phi) is 6.60. The minimum atomic E-state index is -0.324. The lowest BCUT2D eigenvalue weighted by molar-refractivity contribution is 0.295. The smallest absolute Gasteiger partial charge is 0.165 e. The van der Waals surface area contributed by atoms with E-state index in [2.05, 4.69) is 36.0 Å². The summed E-state index contributed by atoms with van der Waals surface area (Å²) < 4.78 is 14.2. The second-order valence-corrected chi connectivity index (χ2v) is 6.29. The van der Waals surface area contributed by atoms with Gasteiger partial charge in [0.2, 0.25) is 0 Å². The van der Waals surface area contributed by atoms with Crippen LogP contribution in [0.2, 0.25) is 5.02 Å². The van der Waals surface area contributed by atoms with Gasteiger partial charge < -0.3 is 10.2 Å². The first kappa shape index (κ1) is 18.0. The molecule has 1 heterocycles. The zero-order valence-corrected chi connectivity index (χ0v) is 14.8. The lowest BCUT2D eigenvalue weighted by Crippen LogP contribution is -2.25. The minimum absolute atomic E-state index is 0.196. The summed E-state index contributed by atoms with van der Waals surface area (Å²) >= 11 is 5.98. The lowest BCUT2D eigenvalue weighted by atomic mass is 10.1. The summed E-state index contributed by atoms with van der Waals surface area (Å²) in [6.07, 6.45) is 3.34. The van der Waals surface area contributed by atoms with Crippen molar-refractivity contribution in [1.29, 1.82) is 0 Å². The molecule has 1 aromatic carbocycles. The third-order valence-corrected chi connectivity index (χ3v) is 4.42. The Hall–Kier alpha value is -1.39. The van der Waals surface area contributed by atoms with E-state index in [-0.39, 0.29) is 11.9 Å². The molecule has 1 atom stereocenters. The van der Waals surface area contributed by atoms with Crippen molar-refractivity contribution in [1.82, 2.24) is 9.88 Å². The maximum atomic E-state index is 14.2. The molecule has 0 radical (unpaired) electrons. The SMILES string of the molecule is CCN(CC)CCCC(C)Nc1c(F)cnc2cc(Cl)ccc12. The van der Waals surface area contributed by atoms with Crippen LogP contribution >= 0.6 is 11.6 Å². The number of pyridine rings is 1. The molecule has 0 aliphatic carbocycles. The molecule has 0 spiro atoms. The van der Waals surface area contributed by atoms with Crippen LogP contribution in [-0.2, 0) is 0 Å². The van der Waals surface area contributed by atoms with Gasteiger partial charge in [-0.1, -0.05) is 25.4 Å². The normalized spacial score (nSPS) is 12.8. The second kappa shape index (κ2) is 8.46. The first-order valence-corrected chi connectivity index (χ1v) is 8.65. The molecule has 0 saturated heterocycles. The summed E-state index contributed by atoms with van der Waals surface area (Å²) in [6, 6.07) is 5.54. The van der Waals surface area contributed by atoms with E-state index >= 15 is 0 Å². The molecular formula is C18H25ClFN3. The van der Waals surface area contributed by atoms with Gasteiger partial charge in [-0.25, -0.2) is 4.39 Å². The van der Waals surface area contributed by atoms with Crippen LogP contribution in [0.25, 0.3) is 10.9 Å². The van der Waals surface area contributed by atoms with Crippen molar-refractivity contribution in [3.05, 3.63) is 35.2 Å². The van der Waals surface area contributed by atoms with E-state index in [9.17, 15) is 4.39 Å². The molecule has 3 nitrogen and oxygen atoms in total. The molecular weight excluding hydrogens is 313 g/mol. The molecule has 126 valence electrons. The van der Waals surface area contributed by atoms with Crippen LogP contribution < -0.4 is 5.32 Å². The highest BCUT2D eigenvalue weighted by molar-refractivity contribution is 6.31. The largest absolute Gasteiger partial charge is 0.380 e. The molecule has 0 amide bonds. The van der Waals surface area contributed by atoms with Crippen molar-refractivity contribution < 1.29 is 4.39 Å². The van der Waals surface area contributed by atoms with Gasteiger partial charge in [0.15, 0.2) is 5.82 Å². The molecule has 0 bridgehead atoms. The lowest BCUT2D eigenvalue weighted by Gasteiger charge is -2.21. The Morgan fingerprint density at radius 1 is 1.30 bits per heavy atom. The van der Waals surface area contributed by atoms with Crippen LogP contribution in [0.4, 0.5) is 10.1 Å². The van der Waals surface area contributed by atoms with Crippen molar-refractivity contribution in [2.75, 3.05) is 25.0 Å². The van der Waals surface area contributed by atoms with Crippen LogP contribution in [0.5, 0.6) is 0 Å². The van der Waals surface area contributed by atoms with Gasteiger partial charge in [-0.05, 0) is 57.6 Å². The van der Waals surface area contributed by atoms with E-state index in [1.165, 1.54) is 6.20 Å². The van der Waals surface area contributed by atoms with Gasteiger partial charge in [0, 0.05) is 16.5 Å². The first-order chi connectivity index (χ1) is 11.0. The molecule has 5 heteroatoms. The number of aromatic nitrogens is 1. The average Bonchev–Trinajstić information content (AvgIpc) is 2.54. The first-order valence-electron chi connectivity index (χ1n) is 8.27. The molecule has 0 aliphatic heterocycles. The minimum Gasteiger partial charge on any atom is -0.380 e. The predicted molar refractivity (Wildman–Crippen MR) is 96.8 cm³/mol. The highest BCUT2D eigenvalue weighted by Gasteiger charge is 2.12. The monoisotopic (exact) mass is 337 g/mol. The van der Waals surface area contributed by atoms with Crippen LogP contribution in [-0.4, -0.2) is 35.6 Å². The van der Waals surface area contributed by atoms with Gasteiger partial charge in [0.1, 0.15) is 0 Å². The fraction of sp³-hybridized carbons (Fsp3) is 0.500. The highest BCUT2D eigenvalue weighted by atomic mass is 35.5. The zero-order chi connectivity index (χ0) is 16.8. The number of halogens is 2. The fourth-order valence-electron chi connectivity index (χ4n) is 2.77. The maximum Gasteiger partial charge on any atom is 0.165 e. The van der Waals surface area contributed by atoms with Crippen LogP contribution in [0, 0.1) is 5.82 Å². The summed E-state index contributed by atoms with van der Waals surface area (Å²) in [6.45, 7) is 9.66. The van der Waals surface area contributed by atoms with E-state index in [1.54, 1.807) is 12.1 Å². The van der Waals surface area contributed by atoms with E-state index in [0.717, 1.165) is 37.9 Å². The molecule has 0 fully saturated rings. The summed E-state index contributed by atoms with van der Waals surface area (Å²) in [5.74, 6) is -0.324. The topological polar surface area (TPSA) is 28.2 Å². The van der Waals surface area contributed by atoms with Gasteiger partial charge in [-0.2, -0.15) is 0 Å². The molecule has 1 aromatic heterocycles. The summed E-state index contributed by atoms with van der Waals surface area (Å²) in [5, 5.41) is 4.68. The molecule has 1 unspecified atom stereocenters. The maximum absolute atomic E-state index is 14.2. The van der Waals surface area contributed by atoms with Crippen molar-refractivity contribution in [3.8, 4) is 0 Å². The van der Waals surface area contributed by atoms with Crippen molar-refractivity contribution >= 4 is 28.2 Å². The third kappa shape index (κ3) is 4.79. The number of benzene rings is 1. The Bertz CT molecular complexity index is 643. The molecule has 1 N–H and O–H groups in total. The zero-order valence-electron chi connectivity index (χ0n) is 14.1. The van der Waals surface area contributed by atoms with Crippen LogP contribution in [0.15, 0.2) is 24.4 Å². The summed E-state index contributed by atoms with van der Waals surface area (Å²) in [5.41, 5.74) is 1.22.